The molecule has 1 fully saturated rings. The second-order valence-corrected chi connectivity index (χ2v) is 4.29. The first-order chi connectivity index (χ1) is 6.59. The fourth-order valence-electron chi connectivity index (χ4n) is 2.01. The minimum atomic E-state index is -0.287. The van der Waals surface area contributed by atoms with E-state index in [2.05, 4.69) is 10.2 Å². The van der Waals surface area contributed by atoms with Gasteiger partial charge < -0.3 is 15.5 Å². The van der Waals surface area contributed by atoms with Gasteiger partial charge in [0, 0.05) is 32.2 Å². The molecule has 0 saturated carbocycles. The third-order valence-electron chi connectivity index (χ3n) is 2.58. The number of piperazine rings is 1. The number of β-amino-alcohol motifs (C(OH)–C–C–N with tert-alkyl or cyclic N) is 1. The van der Waals surface area contributed by atoms with Crippen molar-refractivity contribution in [3.05, 3.63) is 0 Å². The van der Waals surface area contributed by atoms with Crippen molar-refractivity contribution in [3.63, 3.8) is 0 Å². The molecule has 1 saturated heterocycles. The first-order valence-electron chi connectivity index (χ1n) is 5.40. The molecule has 0 amide bonds. The van der Waals surface area contributed by atoms with Crippen LogP contribution in [0.2, 0.25) is 0 Å². The van der Waals surface area contributed by atoms with Crippen molar-refractivity contribution in [2.75, 3.05) is 26.2 Å². The maximum absolute atomic E-state index is 9.34. The van der Waals surface area contributed by atoms with Gasteiger partial charge in [0.05, 0.1) is 12.2 Å². The molecule has 0 bridgehead atoms. The van der Waals surface area contributed by atoms with E-state index in [0.717, 1.165) is 26.1 Å². The van der Waals surface area contributed by atoms with Crippen LogP contribution in [-0.4, -0.2) is 59.5 Å². The van der Waals surface area contributed by atoms with Crippen molar-refractivity contribution < 1.29 is 10.2 Å². The molecule has 0 aromatic rings. The second kappa shape index (κ2) is 5.66. The summed E-state index contributed by atoms with van der Waals surface area (Å²) in [6.07, 6.45) is 0.223. The van der Waals surface area contributed by atoms with Gasteiger partial charge in [0.2, 0.25) is 0 Å². The molecule has 1 heterocycles. The van der Waals surface area contributed by atoms with Crippen LogP contribution in [0, 0.1) is 0 Å². The quantitative estimate of drug-likeness (QED) is 0.570. The highest BCUT2D eigenvalue weighted by Crippen LogP contribution is 2.10. The summed E-state index contributed by atoms with van der Waals surface area (Å²) in [5.41, 5.74) is 0. The summed E-state index contributed by atoms with van der Waals surface area (Å²) < 4.78 is 0. The van der Waals surface area contributed by atoms with Gasteiger partial charge in [-0.2, -0.15) is 0 Å². The summed E-state index contributed by atoms with van der Waals surface area (Å²) in [7, 11) is 0. The Bertz CT molecular complexity index is 144. The SMILES string of the molecule is CC(O)CC1CNCCN1CC(C)O. The minimum absolute atomic E-state index is 0.267. The van der Waals surface area contributed by atoms with E-state index < -0.39 is 0 Å². The second-order valence-electron chi connectivity index (χ2n) is 4.29. The molecule has 0 aliphatic carbocycles. The topological polar surface area (TPSA) is 55.7 Å². The van der Waals surface area contributed by atoms with Crippen molar-refractivity contribution in [2.45, 2.75) is 38.5 Å². The van der Waals surface area contributed by atoms with E-state index >= 15 is 0 Å². The molecule has 1 rings (SSSR count). The molecule has 4 heteroatoms. The fraction of sp³-hybridized carbons (Fsp3) is 1.00. The largest absolute Gasteiger partial charge is 0.393 e. The summed E-state index contributed by atoms with van der Waals surface area (Å²) in [4.78, 5) is 2.26. The Morgan fingerprint density at radius 1 is 1.36 bits per heavy atom. The molecular weight excluding hydrogens is 180 g/mol. The first kappa shape index (κ1) is 11.9. The lowest BCUT2D eigenvalue weighted by Gasteiger charge is -2.37. The van der Waals surface area contributed by atoms with Crippen LogP contribution in [0.4, 0.5) is 0 Å². The highest BCUT2D eigenvalue weighted by molar-refractivity contribution is 4.81. The average molecular weight is 202 g/mol. The van der Waals surface area contributed by atoms with Gasteiger partial charge in [-0.3, -0.25) is 4.90 Å². The Balaban J connectivity index is 2.41. The van der Waals surface area contributed by atoms with E-state index in [-0.39, 0.29) is 12.2 Å². The number of hydrogen-bond donors (Lipinski definition) is 3. The summed E-state index contributed by atoms with van der Waals surface area (Å²) >= 11 is 0. The lowest BCUT2D eigenvalue weighted by atomic mass is 10.1. The van der Waals surface area contributed by atoms with Crippen molar-refractivity contribution in [3.8, 4) is 0 Å². The van der Waals surface area contributed by atoms with Crippen molar-refractivity contribution in [1.82, 2.24) is 10.2 Å². The van der Waals surface area contributed by atoms with Crippen LogP contribution in [-0.2, 0) is 0 Å². The van der Waals surface area contributed by atoms with Crippen LogP contribution in [0.1, 0.15) is 20.3 Å². The van der Waals surface area contributed by atoms with E-state index in [1.807, 2.05) is 13.8 Å². The zero-order chi connectivity index (χ0) is 10.6. The predicted molar refractivity (Wildman–Crippen MR) is 56.2 cm³/mol. The number of rotatable bonds is 4. The standard InChI is InChI=1S/C10H22N2O2/c1-8(13)5-10-6-11-3-4-12(10)7-9(2)14/h8-11,13-14H,3-7H2,1-2H3. The van der Waals surface area contributed by atoms with Crippen molar-refractivity contribution in [1.29, 1.82) is 0 Å². The smallest absolute Gasteiger partial charge is 0.0639 e. The molecule has 4 nitrogen and oxygen atoms in total. The molecule has 3 unspecified atom stereocenters. The minimum Gasteiger partial charge on any atom is -0.393 e. The van der Waals surface area contributed by atoms with Gasteiger partial charge in [-0.1, -0.05) is 0 Å². The monoisotopic (exact) mass is 202 g/mol. The number of hydrogen-bond acceptors (Lipinski definition) is 4. The van der Waals surface area contributed by atoms with Gasteiger partial charge in [-0.15, -0.1) is 0 Å². The van der Waals surface area contributed by atoms with Crippen molar-refractivity contribution >= 4 is 0 Å². The summed E-state index contributed by atoms with van der Waals surface area (Å²) in [5.74, 6) is 0. The molecule has 3 atom stereocenters. The highest BCUT2D eigenvalue weighted by Gasteiger charge is 2.23. The number of aliphatic hydroxyl groups is 2. The fourth-order valence-corrected chi connectivity index (χ4v) is 2.01. The van der Waals surface area contributed by atoms with E-state index in [0.29, 0.717) is 12.6 Å². The van der Waals surface area contributed by atoms with Crippen LogP contribution >= 0.6 is 0 Å². The Labute approximate surface area is 85.9 Å². The van der Waals surface area contributed by atoms with Gasteiger partial charge in [0.25, 0.3) is 0 Å². The molecular formula is C10H22N2O2. The van der Waals surface area contributed by atoms with Gasteiger partial charge in [-0.25, -0.2) is 0 Å². The van der Waals surface area contributed by atoms with Gasteiger partial charge in [0.15, 0.2) is 0 Å². The lowest BCUT2D eigenvalue weighted by molar-refractivity contribution is 0.0567. The van der Waals surface area contributed by atoms with Crippen molar-refractivity contribution in [2.24, 2.45) is 0 Å². The summed E-state index contributed by atoms with van der Waals surface area (Å²) in [6.45, 7) is 7.18. The summed E-state index contributed by atoms with van der Waals surface area (Å²) in [5, 5.41) is 22.0. The molecule has 1 aliphatic rings. The molecule has 3 N–H and O–H groups in total. The lowest BCUT2D eigenvalue weighted by Crippen LogP contribution is -2.53. The van der Waals surface area contributed by atoms with Crippen LogP contribution in [0.25, 0.3) is 0 Å². The Morgan fingerprint density at radius 2 is 2.07 bits per heavy atom. The Morgan fingerprint density at radius 3 is 2.64 bits per heavy atom. The zero-order valence-electron chi connectivity index (χ0n) is 9.11. The maximum Gasteiger partial charge on any atom is 0.0639 e. The highest BCUT2D eigenvalue weighted by atomic mass is 16.3. The third-order valence-corrected chi connectivity index (χ3v) is 2.58. The van der Waals surface area contributed by atoms with E-state index in [1.54, 1.807) is 0 Å². The van der Waals surface area contributed by atoms with Crippen LogP contribution in [0.3, 0.4) is 0 Å². The zero-order valence-corrected chi connectivity index (χ0v) is 9.11. The Kier molecular flexibility index (Phi) is 4.81. The number of aliphatic hydroxyl groups excluding tert-OH is 2. The molecule has 14 heavy (non-hydrogen) atoms. The average Bonchev–Trinajstić information content (AvgIpc) is 2.06. The molecule has 84 valence electrons. The number of nitrogens with one attached hydrogen (secondary N) is 1. The maximum atomic E-state index is 9.34. The first-order valence-corrected chi connectivity index (χ1v) is 5.40. The van der Waals surface area contributed by atoms with Crippen LogP contribution in [0.5, 0.6) is 0 Å². The van der Waals surface area contributed by atoms with Gasteiger partial charge >= 0.3 is 0 Å². The summed E-state index contributed by atoms with van der Waals surface area (Å²) in [6, 6.07) is 0.360. The Hall–Kier alpha value is -0.160. The molecule has 0 spiro atoms. The van der Waals surface area contributed by atoms with E-state index in [4.69, 9.17) is 0 Å². The third kappa shape index (κ3) is 3.92. The van der Waals surface area contributed by atoms with E-state index in [9.17, 15) is 10.2 Å². The molecule has 0 radical (unpaired) electrons. The van der Waals surface area contributed by atoms with E-state index in [1.165, 1.54) is 0 Å². The number of nitrogens with zero attached hydrogens (tertiary/aromatic N) is 1. The van der Waals surface area contributed by atoms with Gasteiger partial charge in [0.1, 0.15) is 0 Å². The van der Waals surface area contributed by atoms with Crippen LogP contribution < -0.4 is 5.32 Å². The molecule has 0 aromatic heterocycles. The van der Waals surface area contributed by atoms with Crippen LogP contribution in [0.15, 0.2) is 0 Å². The van der Waals surface area contributed by atoms with Gasteiger partial charge in [-0.05, 0) is 20.3 Å². The molecule has 0 aromatic carbocycles. The normalized spacial score (nSPS) is 28.7. The predicted octanol–water partition coefficient (Wildman–Crippen LogP) is -0.588. The molecule has 1 aliphatic heterocycles.